The fourth-order valence-electron chi connectivity index (χ4n) is 0.919. The van der Waals surface area contributed by atoms with Crippen LogP contribution >= 0.6 is 11.6 Å². The van der Waals surface area contributed by atoms with Crippen molar-refractivity contribution in [3.05, 3.63) is 23.2 Å². The van der Waals surface area contributed by atoms with E-state index in [9.17, 15) is 12.3 Å². The summed E-state index contributed by atoms with van der Waals surface area (Å²) in [4.78, 5) is -0.566. The molecule has 0 bridgehead atoms. The van der Waals surface area contributed by atoms with Crippen LogP contribution in [-0.2, 0) is 15.0 Å². The highest BCUT2D eigenvalue weighted by Crippen LogP contribution is 2.28. The summed E-state index contributed by atoms with van der Waals surface area (Å²) in [5.41, 5.74) is 0. The number of ether oxygens (including phenoxy) is 2. The Morgan fingerprint density at radius 1 is 1.47 bits per heavy atom. The van der Waals surface area contributed by atoms with Gasteiger partial charge < -0.3 is 9.47 Å². The normalized spacial score (nSPS) is 11.4. The molecule has 4 nitrogen and oxygen atoms in total. The van der Waals surface area contributed by atoms with Gasteiger partial charge in [0.25, 0.3) is 0 Å². The van der Waals surface area contributed by atoms with E-state index in [1.165, 1.54) is 19.2 Å². The number of benzene rings is 1. The van der Waals surface area contributed by atoms with Crippen molar-refractivity contribution in [1.29, 1.82) is 0 Å². The minimum absolute atomic E-state index is 0.174. The fourth-order valence-corrected chi connectivity index (χ4v) is 1.67. The van der Waals surface area contributed by atoms with Crippen LogP contribution in [0.25, 0.3) is 0 Å². The Bertz CT molecular complexity index is 446. The Hall–Kier alpha value is -0.850. The molecule has 1 rings (SSSR count). The van der Waals surface area contributed by atoms with E-state index in [2.05, 4.69) is 4.74 Å². The van der Waals surface area contributed by atoms with Crippen molar-refractivity contribution in [2.24, 2.45) is 0 Å². The Kier molecular flexibility index (Phi) is 3.90. The first-order valence-corrected chi connectivity index (χ1v) is 5.57. The SMILES string of the molecule is COCOc1cc(Cl)ccc1S(=O)(=O)F. The highest BCUT2D eigenvalue weighted by molar-refractivity contribution is 7.86. The van der Waals surface area contributed by atoms with Gasteiger partial charge in [-0.3, -0.25) is 0 Å². The Balaban J connectivity index is 3.15. The third-order valence-corrected chi connectivity index (χ3v) is 2.60. The molecule has 0 aliphatic heterocycles. The highest BCUT2D eigenvalue weighted by Gasteiger charge is 2.18. The van der Waals surface area contributed by atoms with Crippen molar-refractivity contribution in [2.45, 2.75) is 4.90 Å². The average molecular weight is 255 g/mol. The third-order valence-electron chi connectivity index (χ3n) is 1.50. The van der Waals surface area contributed by atoms with Crippen LogP contribution < -0.4 is 4.74 Å². The number of rotatable bonds is 4. The van der Waals surface area contributed by atoms with E-state index in [0.717, 1.165) is 6.07 Å². The van der Waals surface area contributed by atoms with Gasteiger partial charge in [-0.15, -0.1) is 3.89 Å². The van der Waals surface area contributed by atoms with E-state index in [-0.39, 0.29) is 17.6 Å². The van der Waals surface area contributed by atoms with Crippen LogP contribution in [-0.4, -0.2) is 22.3 Å². The molecule has 0 aliphatic carbocycles. The molecule has 0 saturated carbocycles. The van der Waals surface area contributed by atoms with Crippen LogP contribution in [0.2, 0.25) is 5.02 Å². The standard InChI is InChI=1S/C8H8ClFO4S/c1-13-5-14-7-4-6(9)2-3-8(7)15(10,11)12/h2-4H,5H2,1H3. The van der Waals surface area contributed by atoms with E-state index < -0.39 is 15.1 Å². The van der Waals surface area contributed by atoms with Crippen LogP contribution in [0.3, 0.4) is 0 Å². The summed E-state index contributed by atoms with van der Waals surface area (Å²) < 4.78 is 43.6. The average Bonchev–Trinajstić information content (AvgIpc) is 2.12. The number of methoxy groups -OCH3 is 1. The lowest BCUT2D eigenvalue weighted by Crippen LogP contribution is -2.03. The van der Waals surface area contributed by atoms with Crippen LogP contribution in [0.5, 0.6) is 5.75 Å². The molecular formula is C8H8ClFO4S. The maximum atomic E-state index is 12.7. The molecule has 1 aromatic carbocycles. The molecule has 0 saturated heterocycles. The van der Waals surface area contributed by atoms with Crippen molar-refractivity contribution >= 4 is 21.8 Å². The lowest BCUT2D eigenvalue weighted by Gasteiger charge is -2.07. The second-order valence-corrected chi connectivity index (χ2v) is 4.33. The molecule has 0 fully saturated rings. The summed E-state index contributed by atoms with van der Waals surface area (Å²) in [7, 11) is -3.46. The van der Waals surface area contributed by atoms with Gasteiger partial charge in [0.1, 0.15) is 10.6 Å². The maximum Gasteiger partial charge on any atom is 0.335 e. The molecular weight excluding hydrogens is 247 g/mol. The van der Waals surface area contributed by atoms with Crippen molar-refractivity contribution < 1.29 is 21.8 Å². The van der Waals surface area contributed by atoms with Gasteiger partial charge in [0, 0.05) is 18.2 Å². The van der Waals surface area contributed by atoms with Gasteiger partial charge in [0.15, 0.2) is 6.79 Å². The van der Waals surface area contributed by atoms with Gasteiger partial charge in [0.05, 0.1) is 0 Å². The van der Waals surface area contributed by atoms with E-state index >= 15 is 0 Å². The molecule has 0 radical (unpaired) electrons. The molecule has 0 unspecified atom stereocenters. The maximum absolute atomic E-state index is 12.7. The highest BCUT2D eigenvalue weighted by atomic mass is 35.5. The van der Waals surface area contributed by atoms with Crippen molar-refractivity contribution in [3.8, 4) is 5.75 Å². The minimum Gasteiger partial charge on any atom is -0.466 e. The van der Waals surface area contributed by atoms with Crippen LogP contribution in [0.15, 0.2) is 23.1 Å². The summed E-state index contributed by atoms with van der Waals surface area (Å²) in [6, 6.07) is 3.49. The van der Waals surface area contributed by atoms with Crippen molar-refractivity contribution in [2.75, 3.05) is 13.9 Å². The Labute approximate surface area is 91.8 Å². The molecule has 1 aromatic rings. The Morgan fingerprint density at radius 2 is 2.13 bits per heavy atom. The molecule has 0 aliphatic rings. The number of hydrogen-bond acceptors (Lipinski definition) is 4. The van der Waals surface area contributed by atoms with Gasteiger partial charge in [-0.25, -0.2) is 0 Å². The van der Waals surface area contributed by atoms with E-state index in [0.29, 0.717) is 0 Å². The summed E-state index contributed by atoms with van der Waals surface area (Å²) in [6.07, 6.45) is 0. The lowest BCUT2D eigenvalue weighted by atomic mass is 10.3. The van der Waals surface area contributed by atoms with E-state index in [4.69, 9.17) is 16.3 Å². The van der Waals surface area contributed by atoms with E-state index in [1.807, 2.05) is 0 Å². The van der Waals surface area contributed by atoms with Gasteiger partial charge >= 0.3 is 10.2 Å². The van der Waals surface area contributed by atoms with Crippen LogP contribution in [0, 0.1) is 0 Å². The second kappa shape index (κ2) is 4.78. The third kappa shape index (κ3) is 3.33. The predicted octanol–water partition coefficient (Wildman–Crippen LogP) is 1.98. The molecule has 0 heterocycles. The summed E-state index contributed by atoms with van der Waals surface area (Å²) >= 11 is 5.61. The summed E-state index contributed by atoms with van der Waals surface area (Å²) in [5, 5.41) is 0.244. The predicted molar refractivity (Wildman–Crippen MR) is 52.2 cm³/mol. The smallest absolute Gasteiger partial charge is 0.335 e. The summed E-state index contributed by atoms with van der Waals surface area (Å²) in [6.45, 7) is -0.192. The molecule has 0 aromatic heterocycles. The molecule has 7 heteroatoms. The van der Waals surface area contributed by atoms with Crippen LogP contribution in [0.4, 0.5) is 3.89 Å². The number of hydrogen-bond donors (Lipinski definition) is 0. The van der Waals surface area contributed by atoms with Gasteiger partial charge in [-0.2, -0.15) is 8.42 Å². The lowest BCUT2D eigenvalue weighted by molar-refractivity contribution is 0.0490. The summed E-state index contributed by atoms with van der Waals surface area (Å²) in [5.74, 6) is -0.174. The zero-order valence-electron chi connectivity index (χ0n) is 7.74. The topological polar surface area (TPSA) is 52.6 Å². The van der Waals surface area contributed by atoms with Gasteiger partial charge in [0.2, 0.25) is 0 Å². The van der Waals surface area contributed by atoms with Gasteiger partial charge in [-0.05, 0) is 12.1 Å². The monoisotopic (exact) mass is 254 g/mol. The molecule has 15 heavy (non-hydrogen) atoms. The Morgan fingerprint density at radius 3 is 2.67 bits per heavy atom. The molecule has 0 spiro atoms. The second-order valence-electron chi connectivity index (χ2n) is 2.58. The fraction of sp³-hybridized carbons (Fsp3) is 0.250. The quantitative estimate of drug-likeness (QED) is 0.609. The molecule has 0 atom stereocenters. The largest absolute Gasteiger partial charge is 0.466 e. The molecule has 0 N–H and O–H groups in total. The van der Waals surface area contributed by atoms with Gasteiger partial charge in [-0.1, -0.05) is 11.6 Å². The minimum atomic E-state index is -4.82. The van der Waals surface area contributed by atoms with Crippen molar-refractivity contribution in [1.82, 2.24) is 0 Å². The van der Waals surface area contributed by atoms with Crippen LogP contribution in [0.1, 0.15) is 0 Å². The molecule has 0 amide bonds. The zero-order chi connectivity index (χ0) is 11.5. The first-order chi connectivity index (χ1) is 6.95. The number of halogens is 2. The first kappa shape index (κ1) is 12.2. The molecule has 84 valence electrons. The zero-order valence-corrected chi connectivity index (χ0v) is 9.31. The van der Waals surface area contributed by atoms with Crippen molar-refractivity contribution in [3.63, 3.8) is 0 Å². The first-order valence-electron chi connectivity index (χ1n) is 3.81. The van der Waals surface area contributed by atoms with E-state index in [1.54, 1.807) is 0 Å².